The maximum absolute atomic E-state index is 14.2. The number of hydrogen-bond acceptors (Lipinski definition) is 12. The number of β-amino-alcohol motifs (C(OH)–C–C–N with tert-alkyl or cyclic N) is 1. The molecule has 2 amide bonds. The summed E-state index contributed by atoms with van der Waals surface area (Å²) in [4.78, 5) is 40.7. The number of ether oxygens (including phenoxy) is 1. The number of amides is 2. The number of nitrogens with one attached hydrogen (secondary N) is 2. The predicted molar refractivity (Wildman–Crippen MR) is 224 cm³/mol. The molecule has 4 atom stereocenters. The van der Waals surface area contributed by atoms with Gasteiger partial charge in [0.05, 0.1) is 33.9 Å². The molecule has 2 aliphatic rings. The number of carbonyl (C=O) groups excluding carboxylic acids is 2. The van der Waals surface area contributed by atoms with E-state index in [0.717, 1.165) is 45.9 Å². The number of para-hydroxylation sites is 1. The van der Waals surface area contributed by atoms with Gasteiger partial charge in [0.25, 0.3) is 5.88 Å². The largest absolute Gasteiger partial charge is 0.507 e. The van der Waals surface area contributed by atoms with Gasteiger partial charge in [-0.25, -0.2) is 4.98 Å². The van der Waals surface area contributed by atoms with Crippen LogP contribution in [0.2, 0.25) is 0 Å². The molecule has 0 bridgehead atoms. The lowest BCUT2D eigenvalue weighted by Gasteiger charge is -2.47. The van der Waals surface area contributed by atoms with Crippen LogP contribution in [0, 0.1) is 12.8 Å². The molecule has 0 aliphatic carbocycles. The van der Waals surface area contributed by atoms with E-state index >= 15 is 0 Å². The lowest BCUT2D eigenvalue weighted by Crippen LogP contribution is -2.58. The molecule has 6 heterocycles. The van der Waals surface area contributed by atoms with Crippen molar-refractivity contribution in [1.82, 2.24) is 40.4 Å². The molecule has 0 spiro atoms. The molecule has 2 fully saturated rings. The van der Waals surface area contributed by atoms with E-state index in [1.807, 2.05) is 75.7 Å². The van der Waals surface area contributed by atoms with Crippen LogP contribution < -0.4 is 10.1 Å². The normalized spacial score (nSPS) is 18.9. The zero-order chi connectivity index (χ0) is 41.4. The van der Waals surface area contributed by atoms with Crippen molar-refractivity contribution in [3.63, 3.8) is 0 Å². The molecule has 2 aliphatic heterocycles. The summed E-state index contributed by atoms with van der Waals surface area (Å²) < 4.78 is 11.7. The molecule has 15 heteroatoms. The summed E-state index contributed by atoms with van der Waals surface area (Å²) >= 11 is 1.59. The van der Waals surface area contributed by atoms with Crippen LogP contribution in [0.25, 0.3) is 32.7 Å². The lowest BCUT2D eigenvalue weighted by atomic mass is 9.79. The van der Waals surface area contributed by atoms with Crippen LogP contribution in [-0.2, 0) is 15.0 Å². The number of aryl methyl sites for hydroxylation is 1. The lowest BCUT2D eigenvalue weighted by molar-refractivity contribution is -0.141. The van der Waals surface area contributed by atoms with Crippen molar-refractivity contribution in [2.24, 2.45) is 5.92 Å². The summed E-state index contributed by atoms with van der Waals surface area (Å²) in [5.41, 5.74) is 7.77. The summed E-state index contributed by atoms with van der Waals surface area (Å²) in [6.45, 7) is 12.8. The Balaban J connectivity index is 0.857. The van der Waals surface area contributed by atoms with Crippen molar-refractivity contribution in [2.45, 2.75) is 77.0 Å². The molecule has 14 nitrogen and oxygen atoms in total. The molecular formula is C44H50N8O6S. The number of likely N-dealkylation sites (tertiary alicyclic amines) is 2. The standard InChI is InChI=1S/C44H50N8O6S/c1-6-32(27-11-13-28(14-12-27)40-26(4)45-24-59-40)46-42(55)34-19-30(53)21-52(34)43(56)39(25(2)3)36-20-38(50-58-36)57-16-15-51-22-44(5,23-51)37-18-29-17-33(48-49-41(29)47-37)31-9-7-8-10-35(31)54/h7-14,17-18,20,24-25,30,32,34,39,53-54H,6,15-16,19,21-23H2,1-5H3,(H,46,55)(H,47,49)/t30-,32+,34+,39-/m1/s1. The van der Waals surface area contributed by atoms with Crippen LogP contribution in [0.3, 0.4) is 0 Å². The van der Waals surface area contributed by atoms with E-state index < -0.39 is 18.1 Å². The van der Waals surface area contributed by atoms with Crippen molar-refractivity contribution in [2.75, 3.05) is 32.8 Å². The van der Waals surface area contributed by atoms with Gasteiger partial charge in [0.15, 0.2) is 11.4 Å². The van der Waals surface area contributed by atoms with Crippen molar-refractivity contribution < 1.29 is 29.1 Å². The first-order valence-corrected chi connectivity index (χ1v) is 21.0. The Hall–Kier alpha value is -5.64. The van der Waals surface area contributed by atoms with Gasteiger partial charge in [-0.2, -0.15) is 0 Å². The van der Waals surface area contributed by atoms with Gasteiger partial charge in [-0.1, -0.05) is 64.1 Å². The van der Waals surface area contributed by atoms with E-state index in [-0.39, 0.29) is 53.8 Å². The van der Waals surface area contributed by atoms with E-state index in [1.54, 1.807) is 29.5 Å². The summed E-state index contributed by atoms with van der Waals surface area (Å²) in [6, 6.07) is 19.8. The Bertz CT molecular complexity index is 2440. The molecule has 4 N–H and O–H groups in total. The number of nitrogens with zero attached hydrogens (tertiary/aromatic N) is 6. The number of aliphatic hydroxyl groups is 1. The number of rotatable bonds is 14. The average molecular weight is 819 g/mol. The Morgan fingerprint density at radius 2 is 1.88 bits per heavy atom. The highest BCUT2D eigenvalue weighted by molar-refractivity contribution is 7.13. The second kappa shape index (κ2) is 16.5. The van der Waals surface area contributed by atoms with Crippen LogP contribution in [-0.4, -0.2) is 102 Å². The smallest absolute Gasteiger partial charge is 0.254 e. The maximum Gasteiger partial charge on any atom is 0.254 e. The zero-order valence-corrected chi connectivity index (χ0v) is 34.7. The van der Waals surface area contributed by atoms with Gasteiger partial charge >= 0.3 is 0 Å². The van der Waals surface area contributed by atoms with Crippen molar-refractivity contribution >= 4 is 34.2 Å². The third-order valence-corrected chi connectivity index (χ3v) is 12.6. The fraction of sp³-hybridized carbons (Fsp3) is 0.409. The van der Waals surface area contributed by atoms with Crippen LogP contribution in [0.15, 0.2) is 76.8 Å². The Labute approximate surface area is 346 Å². The SMILES string of the molecule is CC[C@H](NC(=O)[C@@H]1C[C@@H](O)CN1C(=O)[C@@H](c1cc(OCCN2CC(C)(c3cc4cc(-c5ccccc5O)nnc4[nH]3)C2)no1)C(C)C)c1ccc(-c2scnc2C)cc1. The second-order valence-corrected chi connectivity index (χ2v) is 17.3. The van der Waals surface area contributed by atoms with Gasteiger partial charge in [-0.05, 0) is 59.8 Å². The molecule has 2 saturated heterocycles. The number of phenols is 1. The molecule has 308 valence electrons. The first kappa shape index (κ1) is 40.2. The number of aliphatic hydroxyl groups excluding tert-OH is 1. The number of aromatic nitrogens is 5. The quantitative estimate of drug-likeness (QED) is 0.0959. The molecule has 59 heavy (non-hydrogen) atoms. The van der Waals surface area contributed by atoms with E-state index in [1.165, 1.54) is 4.90 Å². The van der Waals surface area contributed by atoms with Gasteiger partial charge in [0.1, 0.15) is 24.3 Å². The summed E-state index contributed by atoms with van der Waals surface area (Å²) in [5, 5.41) is 37.9. The summed E-state index contributed by atoms with van der Waals surface area (Å²) in [7, 11) is 0. The highest BCUT2D eigenvalue weighted by Gasteiger charge is 2.44. The predicted octanol–water partition coefficient (Wildman–Crippen LogP) is 6.37. The Morgan fingerprint density at radius 1 is 1.10 bits per heavy atom. The summed E-state index contributed by atoms with van der Waals surface area (Å²) in [5.74, 6) is -0.699. The fourth-order valence-electron chi connectivity index (χ4n) is 8.47. The Morgan fingerprint density at radius 3 is 2.59 bits per heavy atom. The number of fused-ring (bicyclic) bond motifs is 1. The number of aromatic amines is 1. The van der Waals surface area contributed by atoms with E-state index in [0.29, 0.717) is 42.2 Å². The minimum atomic E-state index is -0.828. The molecular weight excluding hydrogens is 769 g/mol. The molecule has 4 aromatic heterocycles. The number of thiazole rings is 1. The van der Waals surface area contributed by atoms with Gasteiger partial charge in [0, 0.05) is 60.7 Å². The number of hydrogen-bond donors (Lipinski definition) is 4. The fourth-order valence-corrected chi connectivity index (χ4v) is 9.28. The maximum atomic E-state index is 14.2. The minimum Gasteiger partial charge on any atom is -0.507 e. The van der Waals surface area contributed by atoms with E-state index in [4.69, 9.17) is 9.26 Å². The number of carbonyl (C=O) groups is 2. The number of aromatic hydroxyl groups is 1. The van der Waals surface area contributed by atoms with Crippen LogP contribution in [0.4, 0.5) is 0 Å². The molecule has 0 radical (unpaired) electrons. The van der Waals surface area contributed by atoms with Gasteiger partial charge < -0.3 is 34.7 Å². The first-order chi connectivity index (χ1) is 28.4. The first-order valence-electron chi connectivity index (χ1n) is 20.2. The number of phenolic OH excluding ortho intramolecular Hbond substituents is 1. The third kappa shape index (κ3) is 8.19. The van der Waals surface area contributed by atoms with Crippen LogP contribution in [0.5, 0.6) is 11.6 Å². The topological polar surface area (TPSA) is 183 Å². The van der Waals surface area contributed by atoms with Crippen molar-refractivity contribution in [3.05, 3.63) is 95.0 Å². The zero-order valence-electron chi connectivity index (χ0n) is 33.9. The highest BCUT2D eigenvalue weighted by atomic mass is 32.1. The molecule has 0 saturated carbocycles. The number of benzene rings is 2. The molecule has 8 rings (SSSR count). The molecule has 6 aromatic rings. The number of H-pyrrole nitrogens is 1. The van der Waals surface area contributed by atoms with E-state index in [9.17, 15) is 19.8 Å². The van der Waals surface area contributed by atoms with Gasteiger partial charge in [-0.3, -0.25) is 14.5 Å². The van der Waals surface area contributed by atoms with Gasteiger partial charge in [-0.15, -0.1) is 21.5 Å². The third-order valence-electron chi connectivity index (χ3n) is 11.7. The van der Waals surface area contributed by atoms with E-state index in [2.05, 4.69) is 48.5 Å². The Kier molecular flexibility index (Phi) is 11.3. The average Bonchev–Trinajstić information content (AvgIpc) is 4.03. The van der Waals surface area contributed by atoms with Crippen molar-refractivity contribution in [1.29, 1.82) is 0 Å². The molecule has 0 unspecified atom stereocenters. The summed E-state index contributed by atoms with van der Waals surface area (Å²) in [6.07, 6.45) is -0.0179. The highest BCUT2D eigenvalue weighted by Crippen LogP contribution is 2.37. The van der Waals surface area contributed by atoms with Crippen LogP contribution in [0.1, 0.15) is 75.2 Å². The molecule has 2 aromatic carbocycles. The minimum absolute atomic E-state index is 0.0528. The van der Waals surface area contributed by atoms with Gasteiger partial charge in [0.2, 0.25) is 11.8 Å². The second-order valence-electron chi connectivity index (χ2n) is 16.4. The monoisotopic (exact) mass is 818 g/mol. The van der Waals surface area contributed by atoms with Crippen molar-refractivity contribution in [3.8, 4) is 33.3 Å². The van der Waals surface area contributed by atoms with Crippen LogP contribution >= 0.6 is 11.3 Å².